The van der Waals surface area contributed by atoms with E-state index in [1.165, 1.54) is 0 Å². The van der Waals surface area contributed by atoms with Crippen LogP contribution in [0, 0.1) is 0 Å². The van der Waals surface area contributed by atoms with Gasteiger partial charge in [0.15, 0.2) is 0 Å². The zero-order chi connectivity index (χ0) is 13.6. The van der Waals surface area contributed by atoms with E-state index in [0.29, 0.717) is 12.3 Å². The van der Waals surface area contributed by atoms with Gasteiger partial charge in [0, 0.05) is 10.6 Å². The number of methoxy groups -OCH3 is 1. The second kappa shape index (κ2) is 6.66. The van der Waals surface area contributed by atoms with Gasteiger partial charge in [-0.3, -0.25) is 4.79 Å². The van der Waals surface area contributed by atoms with Crippen molar-refractivity contribution in [2.24, 2.45) is 5.73 Å². The van der Waals surface area contributed by atoms with Crippen LogP contribution in [-0.2, 0) is 4.79 Å². The second-order valence-electron chi connectivity index (χ2n) is 4.19. The van der Waals surface area contributed by atoms with Crippen molar-refractivity contribution >= 4 is 17.7 Å². The minimum Gasteiger partial charge on any atom is -0.497 e. The summed E-state index contributed by atoms with van der Waals surface area (Å²) in [5.74, 6) is 1.06. The van der Waals surface area contributed by atoms with Gasteiger partial charge < -0.3 is 15.8 Å². The lowest BCUT2D eigenvalue weighted by atomic mass is 10.1. The zero-order valence-electron chi connectivity index (χ0n) is 11.0. The molecule has 0 saturated heterocycles. The highest BCUT2D eigenvalue weighted by molar-refractivity contribution is 7.99. The summed E-state index contributed by atoms with van der Waals surface area (Å²) >= 11 is 1.58. The van der Waals surface area contributed by atoms with Crippen molar-refractivity contribution in [2.75, 3.05) is 19.4 Å². The number of nitrogens with one attached hydrogen (secondary N) is 1. The third-order valence-electron chi connectivity index (χ3n) is 2.68. The number of nitrogens with two attached hydrogens (primary N) is 1. The molecule has 0 aliphatic heterocycles. The molecular weight excluding hydrogens is 248 g/mol. The van der Waals surface area contributed by atoms with E-state index in [0.717, 1.165) is 10.6 Å². The molecular formula is C13H20N2O2S. The Hall–Kier alpha value is -1.20. The van der Waals surface area contributed by atoms with Crippen LogP contribution in [0.4, 0.5) is 0 Å². The summed E-state index contributed by atoms with van der Waals surface area (Å²) in [6, 6.07) is 7.75. The Balaban J connectivity index is 2.69. The van der Waals surface area contributed by atoms with Crippen LogP contribution in [0.1, 0.15) is 13.8 Å². The Morgan fingerprint density at radius 2 is 2.28 bits per heavy atom. The van der Waals surface area contributed by atoms with Crippen molar-refractivity contribution in [3.63, 3.8) is 0 Å². The molecule has 1 rings (SSSR count). The van der Waals surface area contributed by atoms with Crippen LogP contribution in [0.25, 0.3) is 0 Å². The molecule has 0 saturated carbocycles. The van der Waals surface area contributed by atoms with Gasteiger partial charge in [0.25, 0.3) is 0 Å². The fourth-order valence-electron chi connectivity index (χ4n) is 1.52. The number of ether oxygens (including phenoxy) is 1. The van der Waals surface area contributed by atoms with Crippen molar-refractivity contribution in [1.82, 2.24) is 5.32 Å². The molecule has 1 unspecified atom stereocenters. The van der Waals surface area contributed by atoms with Crippen LogP contribution in [0.5, 0.6) is 5.75 Å². The molecule has 1 aromatic rings. The van der Waals surface area contributed by atoms with Gasteiger partial charge in [-0.15, -0.1) is 11.8 Å². The number of likely N-dealkylation sites (N-methyl/N-ethyl adjacent to an activating group) is 1. The Labute approximate surface area is 112 Å². The molecule has 1 atom stereocenters. The highest BCUT2D eigenvalue weighted by Gasteiger charge is 2.29. The smallest absolute Gasteiger partial charge is 0.238 e. The number of rotatable bonds is 7. The molecule has 0 bridgehead atoms. The van der Waals surface area contributed by atoms with Crippen molar-refractivity contribution in [1.29, 1.82) is 0 Å². The number of carbonyl (C=O) groups excluding carboxylic acids is 1. The van der Waals surface area contributed by atoms with Crippen LogP contribution in [0.15, 0.2) is 29.2 Å². The minimum absolute atomic E-state index is 0.334. The lowest BCUT2D eigenvalue weighted by Gasteiger charge is -2.26. The standard InChI is InChI=1S/C13H20N2O2S/c1-4-15-13(2,12(14)16)9-18-11-7-5-6-10(8-11)17-3/h5-8,15H,4,9H2,1-3H3,(H2,14,16). The van der Waals surface area contributed by atoms with Gasteiger partial charge in [-0.05, 0) is 31.7 Å². The molecule has 0 fully saturated rings. The summed E-state index contributed by atoms with van der Waals surface area (Å²) in [7, 11) is 1.63. The first-order valence-electron chi connectivity index (χ1n) is 5.83. The predicted octanol–water partition coefficient (Wildman–Crippen LogP) is 1.64. The fourth-order valence-corrected chi connectivity index (χ4v) is 2.59. The fraction of sp³-hybridized carbons (Fsp3) is 0.462. The van der Waals surface area contributed by atoms with E-state index in [-0.39, 0.29) is 5.91 Å². The molecule has 5 heteroatoms. The van der Waals surface area contributed by atoms with Crippen LogP contribution in [-0.4, -0.2) is 30.9 Å². The first-order valence-corrected chi connectivity index (χ1v) is 6.82. The molecule has 4 nitrogen and oxygen atoms in total. The maximum absolute atomic E-state index is 11.5. The Morgan fingerprint density at radius 3 is 2.83 bits per heavy atom. The van der Waals surface area contributed by atoms with Gasteiger partial charge in [-0.1, -0.05) is 13.0 Å². The maximum atomic E-state index is 11.5. The van der Waals surface area contributed by atoms with E-state index in [9.17, 15) is 4.79 Å². The molecule has 1 aromatic carbocycles. The number of amides is 1. The number of hydrogen-bond acceptors (Lipinski definition) is 4. The van der Waals surface area contributed by atoms with E-state index in [4.69, 9.17) is 10.5 Å². The summed E-state index contributed by atoms with van der Waals surface area (Å²) in [5.41, 5.74) is 4.75. The van der Waals surface area contributed by atoms with Crippen molar-refractivity contribution in [3.8, 4) is 5.75 Å². The average molecular weight is 268 g/mol. The zero-order valence-corrected chi connectivity index (χ0v) is 11.8. The van der Waals surface area contributed by atoms with E-state index < -0.39 is 5.54 Å². The maximum Gasteiger partial charge on any atom is 0.238 e. The van der Waals surface area contributed by atoms with Crippen molar-refractivity contribution in [2.45, 2.75) is 24.3 Å². The largest absolute Gasteiger partial charge is 0.497 e. The minimum atomic E-state index is -0.692. The molecule has 0 aliphatic rings. The third kappa shape index (κ3) is 3.92. The molecule has 0 heterocycles. The summed E-state index contributed by atoms with van der Waals surface area (Å²) in [6.45, 7) is 4.49. The Kier molecular flexibility index (Phi) is 5.50. The highest BCUT2D eigenvalue weighted by atomic mass is 32.2. The average Bonchev–Trinajstić information content (AvgIpc) is 2.37. The number of hydrogen-bond donors (Lipinski definition) is 2. The third-order valence-corrected chi connectivity index (χ3v) is 3.99. The topological polar surface area (TPSA) is 64.3 Å². The molecule has 0 aliphatic carbocycles. The Bertz CT molecular complexity index is 412. The lowest BCUT2D eigenvalue weighted by molar-refractivity contribution is -0.122. The second-order valence-corrected chi connectivity index (χ2v) is 5.24. The van der Waals surface area contributed by atoms with Gasteiger partial charge in [0.05, 0.1) is 7.11 Å². The predicted molar refractivity (Wildman–Crippen MR) is 75.0 cm³/mol. The van der Waals surface area contributed by atoms with Crippen LogP contribution < -0.4 is 15.8 Å². The van der Waals surface area contributed by atoms with E-state index in [1.807, 2.05) is 38.1 Å². The number of thioether (sulfide) groups is 1. The summed E-state index contributed by atoms with van der Waals surface area (Å²) in [4.78, 5) is 12.5. The van der Waals surface area contributed by atoms with Gasteiger partial charge in [-0.2, -0.15) is 0 Å². The lowest BCUT2D eigenvalue weighted by Crippen LogP contribution is -2.55. The molecule has 0 spiro atoms. The quantitative estimate of drug-likeness (QED) is 0.738. The summed E-state index contributed by atoms with van der Waals surface area (Å²) < 4.78 is 5.16. The van der Waals surface area contributed by atoms with E-state index in [1.54, 1.807) is 18.9 Å². The van der Waals surface area contributed by atoms with Crippen molar-refractivity contribution in [3.05, 3.63) is 24.3 Å². The summed E-state index contributed by atoms with van der Waals surface area (Å²) in [6.07, 6.45) is 0. The number of carbonyl (C=O) groups is 1. The van der Waals surface area contributed by atoms with Crippen LogP contribution >= 0.6 is 11.8 Å². The molecule has 1 amide bonds. The summed E-state index contributed by atoms with van der Waals surface area (Å²) in [5, 5.41) is 3.13. The van der Waals surface area contributed by atoms with Gasteiger partial charge in [-0.25, -0.2) is 0 Å². The van der Waals surface area contributed by atoms with Gasteiger partial charge >= 0.3 is 0 Å². The van der Waals surface area contributed by atoms with Gasteiger partial charge in [0.1, 0.15) is 11.3 Å². The number of primary amides is 1. The molecule has 100 valence electrons. The van der Waals surface area contributed by atoms with E-state index >= 15 is 0 Å². The van der Waals surface area contributed by atoms with Crippen LogP contribution in [0.2, 0.25) is 0 Å². The number of benzene rings is 1. The van der Waals surface area contributed by atoms with Gasteiger partial charge in [0.2, 0.25) is 5.91 Å². The van der Waals surface area contributed by atoms with Crippen LogP contribution in [0.3, 0.4) is 0 Å². The first kappa shape index (κ1) is 14.9. The molecule has 18 heavy (non-hydrogen) atoms. The SMILES string of the molecule is CCNC(C)(CSc1cccc(OC)c1)C(N)=O. The molecule has 3 N–H and O–H groups in total. The van der Waals surface area contributed by atoms with Crippen molar-refractivity contribution < 1.29 is 9.53 Å². The monoisotopic (exact) mass is 268 g/mol. The van der Waals surface area contributed by atoms with E-state index in [2.05, 4.69) is 5.32 Å². The normalized spacial score (nSPS) is 13.9. The highest BCUT2D eigenvalue weighted by Crippen LogP contribution is 2.25. The molecule has 0 radical (unpaired) electrons. The Morgan fingerprint density at radius 1 is 1.56 bits per heavy atom. The first-order chi connectivity index (χ1) is 8.51. The molecule has 0 aromatic heterocycles.